The van der Waals surface area contributed by atoms with Crippen molar-refractivity contribution in [2.75, 3.05) is 30.4 Å². The maximum atomic E-state index is 13.5. The first-order valence-electron chi connectivity index (χ1n) is 13.1. The zero-order chi connectivity index (χ0) is 29.9. The Balaban J connectivity index is 1.44. The molecule has 4 N–H and O–H groups in total. The standard InChI is InChI=1S/C29H28F3N7O3/c1-41-19-11-13-39(14-12-19)22-15-18(29(30,31)32)16-35-24(22)25(33)42-28(34)38-26-27(40)36-21-10-6-5-9-20(21)23(37-26)17-7-3-2-4-8-17/h2-10,15-16,19,26,33H,11-14H2,1H3,(H2,34,38)(H,36,40)/t26-/m1/s1. The van der Waals surface area contributed by atoms with E-state index in [1.807, 2.05) is 42.5 Å². The van der Waals surface area contributed by atoms with Crippen LogP contribution in [0.2, 0.25) is 0 Å². The summed E-state index contributed by atoms with van der Waals surface area (Å²) in [6.07, 6.45) is -4.20. The van der Waals surface area contributed by atoms with Gasteiger partial charge in [0.15, 0.2) is 0 Å². The minimum atomic E-state index is -4.63. The normalized spacial score (nSPS) is 18.0. The number of pyridine rings is 1. The molecule has 1 atom stereocenters. The van der Waals surface area contributed by atoms with Crippen LogP contribution in [0.15, 0.2) is 76.8 Å². The maximum Gasteiger partial charge on any atom is 0.417 e. The molecular formula is C29H28F3N7O3. The number of hydrogen-bond acceptors (Lipinski definition) is 8. The Morgan fingerprint density at radius 3 is 2.50 bits per heavy atom. The zero-order valence-electron chi connectivity index (χ0n) is 22.6. The van der Waals surface area contributed by atoms with Gasteiger partial charge in [0, 0.05) is 37.5 Å². The number of hydrogen-bond donors (Lipinski definition) is 3. The van der Waals surface area contributed by atoms with E-state index in [1.54, 1.807) is 24.1 Å². The van der Waals surface area contributed by atoms with Crippen LogP contribution >= 0.6 is 0 Å². The number of nitrogens with two attached hydrogens (primary N) is 1. The van der Waals surface area contributed by atoms with Gasteiger partial charge in [-0.25, -0.2) is 9.98 Å². The Bertz CT molecular complexity index is 1530. The van der Waals surface area contributed by atoms with Crippen LogP contribution in [0.4, 0.5) is 24.5 Å². The molecule has 0 spiro atoms. The quantitative estimate of drug-likeness (QED) is 0.306. The molecular weight excluding hydrogens is 551 g/mol. The number of anilines is 2. The average molecular weight is 580 g/mol. The molecule has 10 nitrogen and oxygen atoms in total. The van der Waals surface area contributed by atoms with Crippen LogP contribution in [0.5, 0.6) is 0 Å². The fourth-order valence-corrected chi connectivity index (χ4v) is 4.82. The smallest absolute Gasteiger partial charge is 0.405 e. The SMILES string of the molecule is COC1CCN(c2cc(C(F)(F)F)cnc2C(=N)O/C(N)=N/[C@H]2N=C(c3ccccc3)c3ccccc3NC2=O)CC1. The highest BCUT2D eigenvalue weighted by Crippen LogP contribution is 2.34. The van der Waals surface area contributed by atoms with Gasteiger partial charge >= 0.3 is 6.18 Å². The van der Waals surface area contributed by atoms with Crippen LogP contribution < -0.4 is 16.0 Å². The molecule has 1 saturated heterocycles. The van der Waals surface area contributed by atoms with Gasteiger partial charge in [0.2, 0.25) is 12.1 Å². The maximum absolute atomic E-state index is 13.5. The molecule has 1 amide bonds. The summed E-state index contributed by atoms with van der Waals surface area (Å²) >= 11 is 0. The van der Waals surface area contributed by atoms with E-state index < -0.39 is 35.7 Å². The first-order valence-corrected chi connectivity index (χ1v) is 13.1. The summed E-state index contributed by atoms with van der Waals surface area (Å²) in [4.78, 5) is 27.3. The molecule has 2 aliphatic rings. The number of aliphatic imine (C=N–C) groups is 2. The highest BCUT2D eigenvalue weighted by atomic mass is 19.4. The van der Waals surface area contributed by atoms with Gasteiger partial charge in [0.1, 0.15) is 5.69 Å². The number of ether oxygens (including phenoxy) is 2. The molecule has 218 valence electrons. The number of nitrogens with one attached hydrogen (secondary N) is 2. The van der Waals surface area contributed by atoms with Crippen molar-refractivity contribution in [1.29, 1.82) is 5.41 Å². The van der Waals surface area contributed by atoms with Crippen LogP contribution in [0.1, 0.15) is 35.2 Å². The van der Waals surface area contributed by atoms with E-state index in [4.69, 9.17) is 20.6 Å². The number of carbonyl (C=O) groups excluding carboxylic acids is 1. The molecule has 1 aromatic heterocycles. The van der Waals surface area contributed by atoms with Gasteiger partial charge in [-0.15, -0.1) is 0 Å². The third kappa shape index (κ3) is 6.25. The first kappa shape index (κ1) is 28.7. The Labute approximate surface area is 239 Å². The summed E-state index contributed by atoms with van der Waals surface area (Å²) in [5.41, 5.74) is 7.42. The van der Waals surface area contributed by atoms with Crippen molar-refractivity contribution in [2.45, 2.75) is 31.3 Å². The molecule has 13 heteroatoms. The van der Waals surface area contributed by atoms with E-state index in [9.17, 15) is 18.0 Å². The van der Waals surface area contributed by atoms with Gasteiger partial charge in [-0.3, -0.25) is 10.2 Å². The number of alkyl halides is 3. The molecule has 5 rings (SSSR count). The zero-order valence-corrected chi connectivity index (χ0v) is 22.6. The van der Waals surface area contributed by atoms with Crippen molar-refractivity contribution < 1.29 is 27.4 Å². The van der Waals surface area contributed by atoms with Crippen molar-refractivity contribution in [3.63, 3.8) is 0 Å². The van der Waals surface area contributed by atoms with Crippen LogP contribution in [0.3, 0.4) is 0 Å². The number of piperidine rings is 1. The summed E-state index contributed by atoms with van der Waals surface area (Å²) in [7, 11) is 1.59. The Morgan fingerprint density at radius 2 is 1.81 bits per heavy atom. The van der Waals surface area contributed by atoms with Gasteiger partial charge in [-0.1, -0.05) is 48.5 Å². The van der Waals surface area contributed by atoms with Crippen LogP contribution in [-0.2, 0) is 20.4 Å². The minimum Gasteiger partial charge on any atom is -0.405 e. The van der Waals surface area contributed by atoms with Gasteiger partial charge in [0.25, 0.3) is 11.9 Å². The van der Waals surface area contributed by atoms with Crippen molar-refractivity contribution in [3.8, 4) is 0 Å². The van der Waals surface area contributed by atoms with Gasteiger partial charge < -0.3 is 25.4 Å². The molecule has 0 radical (unpaired) electrons. The van der Waals surface area contributed by atoms with Crippen molar-refractivity contribution >= 4 is 34.9 Å². The van der Waals surface area contributed by atoms with Crippen molar-refractivity contribution in [2.24, 2.45) is 15.7 Å². The molecule has 2 aromatic carbocycles. The lowest BCUT2D eigenvalue weighted by molar-refractivity contribution is -0.137. The minimum absolute atomic E-state index is 0.0138. The summed E-state index contributed by atoms with van der Waals surface area (Å²) in [6, 6.07) is 16.7. The monoisotopic (exact) mass is 579 g/mol. The Hall–Kier alpha value is -4.78. The second kappa shape index (κ2) is 12.0. The lowest BCUT2D eigenvalue weighted by atomic mass is 10.0. The summed E-state index contributed by atoms with van der Waals surface area (Å²) in [5.74, 6) is -1.21. The number of amidine groups is 1. The topological polar surface area (TPSA) is 138 Å². The highest BCUT2D eigenvalue weighted by Gasteiger charge is 2.34. The Morgan fingerprint density at radius 1 is 1.12 bits per heavy atom. The van der Waals surface area contributed by atoms with E-state index in [-0.39, 0.29) is 17.5 Å². The summed E-state index contributed by atoms with van der Waals surface area (Å²) in [6.45, 7) is 0.788. The summed E-state index contributed by atoms with van der Waals surface area (Å²) in [5, 5.41) is 11.3. The predicted molar refractivity (Wildman–Crippen MR) is 152 cm³/mol. The number of methoxy groups -OCH3 is 1. The fourth-order valence-electron chi connectivity index (χ4n) is 4.82. The van der Waals surface area contributed by atoms with Gasteiger partial charge in [0.05, 0.1) is 28.8 Å². The van der Waals surface area contributed by atoms with E-state index >= 15 is 0 Å². The van der Waals surface area contributed by atoms with Gasteiger partial charge in [-0.05, 0) is 25.0 Å². The molecule has 42 heavy (non-hydrogen) atoms. The average Bonchev–Trinajstić information content (AvgIpc) is 3.12. The number of nitrogens with zero attached hydrogens (tertiary/aromatic N) is 4. The highest BCUT2D eigenvalue weighted by molar-refractivity contribution is 6.19. The number of benzodiazepines with no additional fused rings is 1. The molecule has 0 saturated carbocycles. The van der Waals surface area contributed by atoms with E-state index in [2.05, 4.69) is 20.3 Å². The largest absolute Gasteiger partial charge is 0.417 e. The van der Waals surface area contributed by atoms with E-state index in [1.165, 1.54) is 0 Å². The molecule has 1 fully saturated rings. The molecule has 0 unspecified atom stereocenters. The number of rotatable bonds is 5. The number of benzene rings is 2. The number of aromatic nitrogens is 1. The molecule has 3 heterocycles. The molecule has 0 bridgehead atoms. The van der Waals surface area contributed by atoms with E-state index in [0.29, 0.717) is 49.1 Å². The first-order chi connectivity index (χ1) is 20.1. The second-order valence-corrected chi connectivity index (χ2v) is 9.66. The molecule has 0 aliphatic carbocycles. The third-order valence-electron chi connectivity index (χ3n) is 6.96. The lowest BCUT2D eigenvalue weighted by Gasteiger charge is -2.34. The molecule has 2 aliphatic heterocycles. The number of amides is 1. The summed E-state index contributed by atoms with van der Waals surface area (Å²) < 4.78 is 51.4. The fraction of sp³-hybridized carbons (Fsp3) is 0.276. The second-order valence-electron chi connectivity index (χ2n) is 9.66. The van der Waals surface area contributed by atoms with Gasteiger partial charge in [-0.2, -0.15) is 18.2 Å². The number of halogens is 3. The molecule has 3 aromatic rings. The third-order valence-corrected chi connectivity index (χ3v) is 6.96. The van der Waals surface area contributed by atoms with Crippen molar-refractivity contribution in [1.82, 2.24) is 4.98 Å². The Kier molecular flexibility index (Phi) is 8.20. The van der Waals surface area contributed by atoms with Crippen LogP contribution in [0.25, 0.3) is 0 Å². The van der Waals surface area contributed by atoms with E-state index in [0.717, 1.165) is 11.6 Å². The lowest BCUT2D eigenvalue weighted by Crippen LogP contribution is -2.38. The predicted octanol–water partition coefficient (Wildman–Crippen LogP) is 4.19. The van der Waals surface area contributed by atoms with Crippen molar-refractivity contribution in [3.05, 3.63) is 89.2 Å². The number of carbonyl (C=O) groups is 1. The van der Waals surface area contributed by atoms with Crippen LogP contribution in [0, 0.1) is 5.41 Å². The van der Waals surface area contributed by atoms with Crippen LogP contribution in [-0.4, -0.2) is 61.0 Å². The number of fused-ring (bicyclic) bond motifs is 1. The number of para-hydroxylation sites is 1.